The van der Waals surface area contributed by atoms with Crippen molar-refractivity contribution in [1.82, 2.24) is 0 Å². The second-order valence-electron chi connectivity index (χ2n) is 0.408. The van der Waals surface area contributed by atoms with Gasteiger partial charge in [0, 0.05) is 0 Å². The molecule has 0 aromatic rings. The van der Waals surface area contributed by atoms with Gasteiger partial charge in [-0.3, -0.25) is 0 Å². The molecule has 0 bridgehead atoms. The summed E-state index contributed by atoms with van der Waals surface area (Å²) in [6.45, 7) is 0. The Balaban J connectivity index is -0.0000000800. The van der Waals surface area contributed by atoms with Crippen LogP contribution in [0.3, 0.4) is 0 Å². The maximum Gasteiger partial charge on any atom is 3.00 e. The molecule has 7 heavy (non-hydrogen) atoms. The average molecular weight is 209 g/mol. The van der Waals surface area contributed by atoms with Crippen LogP contribution in [0.1, 0.15) is 0 Å². The van der Waals surface area contributed by atoms with E-state index in [2.05, 4.69) is 0 Å². The summed E-state index contributed by atoms with van der Waals surface area (Å²) >= 11 is -5.75. The predicted molar refractivity (Wildman–Crippen MR) is 12.9 cm³/mol. The first-order valence-corrected chi connectivity index (χ1v) is 3.46. The van der Waals surface area contributed by atoms with E-state index in [0.29, 0.717) is 0 Å². The van der Waals surface area contributed by atoms with Crippen molar-refractivity contribution < 1.29 is 67.4 Å². The van der Waals surface area contributed by atoms with Crippen LogP contribution in [-0.2, 0) is 7.67 Å². The Kier molecular flexibility index (Phi) is 14.6. The standard InChI is InChI=1S/Al.K.H2O4Se/c;;1-5(2,3)4/h;;(H2,1,2,3,4)/q+3;+1;/p-2. The van der Waals surface area contributed by atoms with E-state index < -0.39 is 13.4 Å². The molecular weight excluding hydrogens is 209 g/mol. The molecule has 0 rings (SSSR count). The summed E-state index contributed by atoms with van der Waals surface area (Å²) in [5.74, 6) is 0. The largest absolute Gasteiger partial charge is 3.00 e. The van der Waals surface area contributed by atoms with E-state index in [4.69, 9.17) is 16.0 Å². The summed E-state index contributed by atoms with van der Waals surface area (Å²) in [6.07, 6.45) is 0. The zero-order valence-corrected chi connectivity index (χ0v) is 9.61. The molecule has 0 N–H and O–H groups in total. The van der Waals surface area contributed by atoms with E-state index in [9.17, 15) is 0 Å². The van der Waals surface area contributed by atoms with Crippen molar-refractivity contribution in [3.63, 3.8) is 0 Å². The van der Waals surface area contributed by atoms with Crippen molar-refractivity contribution in [1.29, 1.82) is 0 Å². The molecule has 0 radical (unpaired) electrons. The SMILES string of the molecule is O=[Se](=O)([O-])[O-].[Al+3].[K+]. The third kappa shape index (κ3) is 64.9. The van der Waals surface area contributed by atoms with Gasteiger partial charge in [0.25, 0.3) is 0 Å². The van der Waals surface area contributed by atoms with E-state index in [1.54, 1.807) is 0 Å². The Morgan fingerprint density at radius 3 is 1.14 bits per heavy atom. The Hall–Kier alpha value is 2.21. The van der Waals surface area contributed by atoms with Crippen LogP contribution in [0.5, 0.6) is 0 Å². The predicted octanol–water partition coefficient (Wildman–Crippen LogP) is -6.37. The van der Waals surface area contributed by atoms with Gasteiger partial charge < -0.3 is 0 Å². The Morgan fingerprint density at radius 1 is 1.14 bits per heavy atom. The normalized spacial score (nSPS) is 8.29. The zero-order valence-electron chi connectivity index (χ0n) is 3.62. The van der Waals surface area contributed by atoms with Gasteiger partial charge in [-0.15, -0.1) is 0 Å². The van der Waals surface area contributed by atoms with Crippen molar-refractivity contribution in [3.8, 4) is 0 Å². The van der Waals surface area contributed by atoms with Crippen molar-refractivity contribution in [2.24, 2.45) is 0 Å². The molecule has 0 aliphatic carbocycles. The second-order valence-corrected chi connectivity index (χ2v) is 2.12. The minimum atomic E-state index is -5.75. The van der Waals surface area contributed by atoms with Gasteiger partial charge in [0.15, 0.2) is 0 Å². The molecular formula is AlKO4Se+2. The van der Waals surface area contributed by atoms with Gasteiger partial charge >= 0.3 is 98.2 Å². The molecule has 0 aromatic heterocycles. The third-order valence-corrected chi connectivity index (χ3v) is 0. The molecule has 32 valence electrons. The third-order valence-electron chi connectivity index (χ3n) is 0. The van der Waals surface area contributed by atoms with Crippen molar-refractivity contribution >= 4 is 30.7 Å². The summed E-state index contributed by atoms with van der Waals surface area (Å²) in [5.41, 5.74) is 0. The number of hydrogen-bond acceptors (Lipinski definition) is 4. The van der Waals surface area contributed by atoms with Gasteiger partial charge in [0.05, 0.1) is 0 Å². The van der Waals surface area contributed by atoms with E-state index in [1.165, 1.54) is 0 Å². The minimum Gasteiger partial charge on any atom is 1.00 e. The van der Waals surface area contributed by atoms with Crippen LogP contribution in [0.25, 0.3) is 0 Å². The fraction of sp³-hybridized carbons (Fsp3) is 0. The van der Waals surface area contributed by atoms with Crippen molar-refractivity contribution in [2.45, 2.75) is 0 Å². The molecule has 4 nitrogen and oxygen atoms in total. The Bertz CT molecular complexity index is 94.9. The molecule has 0 fully saturated rings. The van der Waals surface area contributed by atoms with Crippen LogP contribution in [0.4, 0.5) is 0 Å². The molecule has 0 saturated carbocycles. The van der Waals surface area contributed by atoms with Crippen LogP contribution in [0.15, 0.2) is 0 Å². The zero-order chi connectivity index (χ0) is 4.50. The first kappa shape index (κ1) is 16.1. The second kappa shape index (κ2) is 6.33. The average Bonchev–Trinajstić information content (AvgIpc) is 0.722. The summed E-state index contributed by atoms with van der Waals surface area (Å²) in [4.78, 5) is 0. The Labute approximate surface area is 96.1 Å². The van der Waals surface area contributed by atoms with Crippen LogP contribution in [0, 0.1) is 0 Å². The van der Waals surface area contributed by atoms with Crippen LogP contribution in [0.2, 0.25) is 0 Å². The van der Waals surface area contributed by atoms with Crippen LogP contribution < -0.4 is 59.8 Å². The van der Waals surface area contributed by atoms with Gasteiger partial charge in [-0.05, 0) is 0 Å². The molecule has 0 heterocycles. The van der Waals surface area contributed by atoms with E-state index >= 15 is 0 Å². The summed E-state index contributed by atoms with van der Waals surface area (Å²) < 4.78 is 34.4. The minimum absolute atomic E-state index is 0. The molecule has 7 heteroatoms. The van der Waals surface area contributed by atoms with Gasteiger partial charge in [0.1, 0.15) is 0 Å². The molecule has 0 atom stereocenters. The molecule has 0 aliphatic heterocycles. The van der Waals surface area contributed by atoms with Crippen LogP contribution in [-0.4, -0.2) is 30.7 Å². The number of rotatable bonds is 0. The molecule has 0 amide bonds. The van der Waals surface area contributed by atoms with E-state index in [1.807, 2.05) is 0 Å². The molecule has 0 saturated heterocycles. The quantitative estimate of drug-likeness (QED) is 0.371. The monoisotopic (exact) mass is 210 g/mol. The topological polar surface area (TPSA) is 80.3 Å². The molecule has 0 aliphatic rings. The van der Waals surface area contributed by atoms with E-state index in [-0.39, 0.29) is 68.7 Å². The smallest absolute Gasteiger partial charge is 1.00 e. The van der Waals surface area contributed by atoms with Crippen molar-refractivity contribution in [3.05, 3.63) is 0 Å². The summed E-state index contributed by atoms with van der Waals surface area (Å²) in [6, 6.07) is 0. The first-order chi connectivity index (χ1) is 2.00. The van der Waals surface area contributed by atoms with Gasteiger partial charge in [-0.25, -0.2) is 0 Å². The van der Waals surface area contributed by atoms with E-state index in [0.717, 1.165) is 0 Å². The Morgan fingerprint density at radius 2 is 1.14 bits per heavy atom. The fourth-order valence-corrected chi connectivity index (χ4v) is 0. The van der Waals surface area contributed by atoms with Gasteiger partial charge in [-0.1, -0.05) is 0 Å². The van der Waals surface area contributed by atoms with Gasteiger partial charge in [0.2, 0.25) is 0 Å². The fourth-order valence-electron chi connectivity index (χ4n) is 0. The summed E-state index contributed by atoms with van der Waals surface area (Å²) in [5, 5.41) is 0. The van der Waals surface area contributed by atoms with Crippen molar-refractivity contribution in [2.75, 3.05) is 0 Å². The van der Waals surface area contributed by atoms with Gasteiger partial charge in [-0.2, -0.15) is 0 Å². The van der Waals surface area contributed by atoms with Crippen LogP contribution >= 0.6 is 0 Å². The first-order valence-electron chi connectivity index (χ1n) is 0.667. The molecule has 0 unspecified atom stereocenters. The molecule has 0 aromatic carbocycles. The number of hydrogen-bond donors (Lipinski definition) is 0. The summed E-state index contributed by atoms with van der Waals surface area (Å²) in [7, 11) is 0. The maximum atomic E-state index is 8.59. The molecule has 0 spiro atoms. The maximum absolute atomic E-state index is 8.59.